The van der Waals surface area contributed by atoms with E-state index in [9.17, 15) is 4.39 Å². The fraction of sp³-hybridized carbons (Fsp3) is 0.346. The first kappa shape index (κ1) is 24.2. The molecule has 1 heterocycles. The fourth-order valence-electron chi connectivity index (χ4n) is 3.06. The predicted octanol–water partition coefficient (Wildman–Crippen LogP) is 6.77. The molecule has 166 valence electrons. The van der Waals surface area contributed by atoms with Gasteiger partial charge in [-0.2, -0.15) is 0 Å². The number of hydrogen-bond acceptors (Lipinski definition) is 4. The number of ether oxygens (including phenoxy) is 3. The standard InChI is InChI=1S/C26H32FNO3/c1-7-9-10-11-22-18(3)16-23(20(8-2)13-12-19(4)27)28-26(22)31-21-14-15-24(29-5)25(17-21)30-6/h8-19H,7H2,1-6H3/b10-9-,13-12-,20-8+,22-11+. The summed E-state index contributed by atoms with van der Waals surface area (Å²) in [4.78, 5) is 4.77. The van der Waals surface area contributed by atoms with Gasteiger partial charge in [0.15, 0.2) is 11.5 Å². The van der Waals surface area contributed by atoms with Crippen molar-refractivity contribution >= 4 is 5.90 Å². The number of allylic oxidation sites excluding steroid dienone is 7. The van der Waals surface area contributed by atoms with Gasteiger partial charge in [-0.3, -0.25) is 0 Å². The van der Waals surface area contributed by atoms with Crippen LogP contribution in [0.2, 0.25) is 0 Å². The molecule has 0 saturated carbocycles. The Balaban J connectivity index is 2.48. The first-order valence-corrected chi connectivity index (χ1v) is 10.5. The predicted molar refractivity (Wildman–Crippen MR) is 126 cm³/mol. The van der Waals surface area contributed by atoms with Crippen LogP contribution in [0.4, 0.5) is 4.39 Å². The van der Waals surface area contributed by atoms with Crippen LogP contribution in [0, 0.1) is 5.92 Å². The second-order valence-corrected chi connectivity index (χ2v) is 7.12. The lowest BCUT2D eigenvalue weighted by molar-refractivity contribution is 0.353. The van der Waals surface area contributed by atoms with Gasteiger partial charge in [0, 0.05) is 17.6 Å². The average molecular weight is 426 g/mol. The Morgan fingerprint density at radius 2 is 1.97 bits per heavy atom. The zero-order valence-corrected chi connectivity index (χ0v) is 19.2. The molecular weight excluding hydrogens is 393 g/mol. The monoisotopic (exact) mass is 425 g/mol. The van der Waals surface area contributed by atoms with Crippen LogP contribution >= 0.6 is 0 Å². The van der Waals surface area contributed by atoms with Gasteiger partial charge in [0.05, 0.1) is 19.9 Å². The van der Waals surface area contributed by atoms with Crippen molar-refractivity contribution in [3.63, 3.8) is 0 Å². The molecule has 2 rings (SSSR count). The third kappa shape index (κ3) is 6.71. The summed E-state index contributed by atoms with van der Waals surface area (Å²) < 4.78 is 30.2. The van der Waals surface area contributed by atoms with Gasteiger partial charge in [-0.25, -0.2) is 9.38 Å². The number of rotatable bonds is 8. The zero-order chi connectivity index (χ0) is 22.8. The van der Waals surface area contributed by atoms with Crippen LogP contribution in [0.15, 0.2) is 82.6 Å². The first-order valence-electron chi connectivity index (χ1n) is 10.5. The summed E-state index contributed by atoms with van der Waals surface area (Å²) in [6, 6.07) is 5.37. The first-order chi connectivity index (χ1) is 14.9. The van der Waals surface area contributed by atoms with Crippen LogP contribution < -0.4 is 14.2 Å². The molecule has 4 nitrogen and oxygen atoms in total. The largest absolute Gasteiger partial charge is 0.493 e. The van der Waals surface area contributed by atoms with Crippen LogP contribution in [0.3, 0.4) is 0 Å². The van der Waals surface area contributed by atoms with Crippen molar-refractivity contribution in [3.05, 3.63) is 77.6 Å². The average Bonchev–Trinajstić information content (AvgIpc) is 2.75. The van der Waals surface area contributed by atoms with Crippen molar-refractivity contribution in [2.45, 2.75) is 40.3 Å². The molecule has 0 aromatic heterocycles. The highest BCUT2D eigenvalue weighted by Crippen LogP contribution is 2.33. The number of aliphatic imine (C=N–C) groups is 1. The number of methoxy groups -OCH3 is 2. The Morgan fingerprint density at radius 3 is 2.58 bits per heavy atom. The molecule has 0 spiro atoms. The van der Waals surface area contributed by atoms with Gasteiger partial charge in [-0.1, -0.05) is 56.4 Å². The summed E-state index contributed by atoms with van der Waals surface area (Å²) in [5.74, 6) is 2.35. The number of halogens is 1. The van der Waals surface area contributed by atoms with Crippen molar-refractivity contribution in [2.75, 3.05) is 14.2 Å². The molecule has 0 amide bonds. The molecule has 0 saturated heterocycles. The second-order valence-electron chi connectivity index (χ2n) is 7.12. The van der Waals surface area contributed by atoms with Crippen molar-refractivity contribution in [1.82, 2.24) is 0 Å². The molecule has 1 aliphatic rings. The van der Waals surface area contributed by atoms with E-state index < -0.39 is 6.17 Å². The van der Waals surface area contributed by atoms with E-state index in [1.54, 1.807) is 32.4 Å². The van der Waals surface area contributed by atoms with E-state index in [-0.39, 0.29) is 5.92 Å². The Morgan fingerprint density at radius 1 is 1.23 bits per heavy atom. The van der Waals surface area contributed by atoms with Crippen molar-refractivity contribution in [1.29, 1.82) is 0 Å². The van der Waals surface area contributed by atoms with Gasteiger partial charge in [0.2, 0.25) is 5.90 Å². The normalized spacial score (nSPS) is 19.5. The summed E-state index contributed by atoms with van der Waals surface area (Å²) in [5, 5.41) is 0. The minimum absolute atomic E-state index is 0.0651. The Bertz CT molecular complexity index is 936. The fourth-order valence-corrected chi connectivity index (χ4v) is 3.06. The Kier molecular flexibility index (Phi) is 9.32. The molecule has 1 aromatic carbocycles. The highest BCUT2D eigenvalue weighted by molar-refractivity contribution is 5.98. The number of benzene rings is 1. The zero-order valence-electron chi connectivity index (χ0n) is 19.2. The smallest absolute Gasteiger partial charge is 0.223 e. The molecule has 0 aliphatic carbocycles. The number of alkyl halides is 1. The van der Waals surface area contributed by atoms with Gasteiger partial charge < -0.3 is 14.2 Å². The van der Waals surface area contributed by atoms with Gasteiger partial charge in [-0.15, -0.1) is 0 Å². The van der Waals surface area contributed by atoms with Gasteiger partial charge >= 0.3 is 0 Å². The highest BCUT2D eigenvalue weighted by Gasteiger charge is 2.22. The van der Waals surface area contributed by atoms with Crippen molar-refractivity contribution in [3.8, 4) is 17.2 Å². The van der Waals surface area contributed by atoms with E-state index in [1.165, 1.54) is 13.0 Å². The van der Waals surface area contributed by atoms with E-state index in [1.807, 2.05) is 31.2 Å². The summed E-state index contributed by atoms with van der Waals surface area (Å²) in [7, 11) is 3.17. The molecule has 0 N–H and O–H groups in total. The molecule has 1 aliphatic heterocycles. The van der Waals surface area contributed by atoms with E-state index in [0.717, 1.165) is 23.3 Å². The molecule has 2 atom stereocenters. The molecule has 1 aromatic rings. The van der Waals surface area contributed by atoms with Gasteiger partial charge in [0.1, 0.15) is 11.9 Å². The quantitative estimate of drug-likeness (QED) is 0.432. The summed E-state index contributed by atoms with van der Waals surface area (Å²) in [5.41, 5.74) is 2.55. The van der Waals surface area contributed by atoms with E-state index in [4.69, 9.17) is 19.2 Å². The summed E-state index contributed by atoms with van der Waals surface area (Å²) >= 11 is 0. The molecule has 0 radical (unpaired) electrons. The SMILES string of the molecule is C/C=C(\C=C/C(C)F)C1=CC(C)/C(=C\C=C/CC)C(Oc2ccc(OC)c(OC)c2)=N1. The highest BCUT2D eigenvalue weighted by atomic mass is 19.1. The van der Waals surface area contributed by atoms with Crippen LogP contribution in [-0.4, -0.2) is 26.3 Å². The lowest BCUT2D eigenvalue weighted by Gasteiger charge is -2.22. The second kappa shape index (κ2) is 11.9. The number of hydrogen-bond donors (Lipinski definition) is 0. The van der Waals surface area contributed by atoms with Gasteiger partial charge in [0.25, 0.3) is 0 Å². The summed E-state index contributed by atoms with van der Waals surface area (Å²) in [6.45, 7) is 7.58. The Hall–Kier alpha value is -3.08. The van der Waals surface area contributed by atoms with Gasteiger partial charge in [-0.05, 0) is 38.0 Å². The van der Waals surface area contributed by atoms with Crippen LogP contribution in [0.1, 0.15) is 34.1 Å². The maximum absolute atomic E-state index is 13.3. The molecule has 5 heteroatoms. The number of nitrogens with zero attached hydrogens (tertiary/aromatic N) is 1. The third-order valence-electron chi connectivity index (χ3n) is 4.73. The molecule has 31 heavy (non-hydrogen) atoms. The lowest BCUT2D eigenvalue weighted by Crippen LogP contribution is -2.20. The third-order valence-corrected chi connectivity index (χ3v) is 4.73. The Labute approximate surface area is 185 Å². The van der Waals surface area contributed by atoms with Crippen molar-refractivity contribution in [2.24, 2.45) is 10.9 Å². The van der Waals surface area contributed by atoms with E-state index >= 15 is 0 Å². The minimum atomic E-state index is -1.03. The molecular formula is C26H32FNO3. The maximum atomic E-state index is 13.3. The molecule has 0 fully saturated rings. The minimum Gasteiger partial charge on any atom is -0.493 e. The maximum Gasteiger partial charge on any atom is 0.223 e. The van der Waals surface area contributed by atoms with Crippen LogP contribution in [0.5, 0.6) is 17.2 Å². The van der Waals surface area contributed by atoms with Crippen molar-refractivity contribution < 1.29 is 18.6 Å². The van der Waals surface area contributed by atoms with Crippen LogP contribution in [-0.2, 0) is 0 Å². The lowest BCUT2D eigenvalue weighted by atomic mass is 9.94. The topological polar surface area (TPSA) is 40.0 Å². The summed E-state index contributed by atoms with van der Waals surface area (Å²) in [6.07, 6.45) is 13.3. The van der Waals surface area contributed by atoms with E-state index in [2.05, 4.69) is 26.0 Å². The molecule has 2 unspecified atom stereocenters. The van der Waals surface area contributed by atoms with E-state index in [0.29, 0.717) is 23.1 Å². The molecule has 0 bridgehead atoms. The van der Waals surface area contributed by atoms with Crippen LogP contribution in [0.25, 0.3) is 0 Å².